The number of hydrogen-bond donors (Lipinski definition) is 1. The Kier molecular flexibility index (Phi) is 4.62. The summed E-state index contributed by atoms with van der Waals surface area (Å²) in [6.07, 6.45) is 1.26. The summed E-state index contributed by atoms with van der Waals surface area (Å²) < 4.78 is 5.81. The molecule has 0 fully saturated rings. The Balaban J connectivity index is 2.27. The summed E-state index contributed by atoms with van der Waals surface area (Å²) in [5.74, 6) is -1.06. The zero-order chi connectivity index (χ0) is 16.3. The number of methoxy groups -OCH3 is 1. The number of fused-ring (bicyclic) bond motifs is 1. The molecule has 9 heteroatoms. The van der Waals surface area contributed by atoms with E-state index in [0.717, 1.165) is 0 Å². The van der Waals surface area contributed by atoms with Crippen LogP contribution in [0.5, 0.6) is 0 Å². The first-order valence-corrected chi connectivity index (χ1v) is 6.56. The highest BCUT2D eigenvalue weighted by molar-refractivity contribution is 6.31. The van der Waals surface area contributed by atoms with Gasteiger partial charge in [-0.1, -0.05) is 11.6 Å². The number of hydrogen-bond acceptors (Lipinski definition) is 5. The molecule has 1 aromatic heterocycles. The predicted octanol–water partition coefficient (Wildman–Crippen LogP) is 1.49. The number of nitro groups is 1. The van der Waals surface area contributed by atoms with Crippen LogP contribution in [0.25, 0.3) is 10.9 Å². The van der Waals surface area contributed by atoms with Crippen LogP contribution >= 0.6 is 11.6 Å². The van der Waals surface area contributed by atoms with Crippen LogP contribution in [0, 0.1) is 10.1 Å². The van der Waals surface area contributed by atoms with Gasteiger partial charge in [-0.3, -0.25) is 19.7 Å². The smallest absolute Gasteiger partial charge is 0.325 e. The third kappa shape index (κ3) is 3.34. The van der Waals surface area contributed by atoms with Crippen molar-refractivity contribution in [1.82, 2.24) is 9.88 Å². The van der Waals surface area contributed by atoms with Crippen molar-refractivity contribution in [3.63, 3.8) is 0 Å². The maximum absolute atomic E-state index is 11.8. The second-order valence-corrected chi connectivity index (χ2v) is 4.85. The molecule has 0 unspecified atom stereocenters. The number of benzene rings is 1. The van der Waals surface area contributed by atoms with Gasteiger partial charge in [0.05, 0.1) is 29.1 Å². The topological polar surface area (TPSA) is 103 Å². The van der Waals surface area contributed by atoms with Crippen molar-refractivity contribution in [2.75, 3.05) is 13.7 Å². The lowest BCUT2D eigenvalue weighted by atomic mass is 10.2. The third-order valence-corrected chi connectivity index (χ3v) is 3.23. The van der Waals surface area contributed by atoms with Crippen molar-refractivity contribution < 1.29 is 19.2 Å². The van der Waals surface area contributed by atoms with Crippen LogP contribution in [0.3, 0.4) is 0 Å². The Morgan fingerprint density at radius 2 is 2.18 bits per heavy atom. The van der Waals surface area contributed by atoms with Gasteiger partial charge in [-0.2, -0.15) is 0 Å². The minimum absolute atomic E-state index is 0.118. The van der Waals surface area contributed by atoms with Crippen molar-refractivity contribution in [3.8, 4) is 0 Å². The number of amides is 1. The summed E-state index contributed by atoms with van der Waals surface area (Å²) in [6, 6.07) is 4.61. The quantitative estimate of drug-likeness (QED) is 0.509. The molecule has 0 atom stereocenters. The molecule has 0 spiro atoms. The van der Waals surface area contributed by atoms with Gasteiger partial charge in [-0.05, 0) is 18.2 Å². The van der Waals surface area contributed by atoms with Crippen LogP contribution in [0.1, 0.15) is 0 Å². The van der Waals surface area contributed by atoms with Gasteiger partial charge in [0, 0.05) is 5.02 Å². The molecular formula is C13H12ClN3O5. The fourth-order valence-electron chi connectivity index (χ4n) is 1.98. The van der Waals surface area contributed by atoms with E-state index in [1.54, 1.807) is 6.07 Å². The van der Waals surface area contributed by atoms with E-state index >= 15 is 0 Å². The Bertz CT molecular complexity index is 755. The van der Waals surface area contributed by atoms with Crippen molar-refractivity contribution in [2.45, 2.75) is 6.54 Å². The minimum Gasteiger partial charge on any atom is -0.468 e. The maximum Gasteiger partial charge on any atom is 0.325 e. The van der Waals surface area contributed by atoms with Gasteiger partial charge in [0.25, 0.3) is 5.69 Å². The van der Waals surface area contributed by atoms with E-state index in [-0.39, 0.29) is 18.8 Å². The SMILES string of the molecule is COC(=O)CNC(=O)Cn1cc([N+](=O)[O-])c2ccc(Cl)cc21. The number of halogens is 1. The van der Waals surface area contributed by atoms with Gasteiger partial charge in [0.15, 0.2) is 0 Å². The molecule has 116 valence electrons. The summed E-state index contributed by atoms with van der Waals surface area (Å²) in [5.41, 5.74) is 0.347. The lowest BCUT2D eigenvalue weighted by Gasteiger charge is -2.06. The Morgan fingerprint density at radius 1 is 1.45 bits per heavy atom. The molecule has 0 saturated heterocycles. The Morgan fingerprint density at radius 3 is 2.82 bits per heavy atom. The van der Waals surface area contributed by atoms with Gasteiger partial charge in [-0.15, -0.1) is 0 Å². The standard InChI is InChI=1S/C13H12ClN3O5/c1-22-13(19)5-15-12(18)7-16-6-11(17(20)21)9-3-2-8(14)4-10(9)16/h2-4,6H,5,7H2,1H3,(H,15,18). The van der Waals surface area contributed by atoms with E-state index in [9.17, 15) is 19.7 Å². The van der Waals surface area contributed by atoms with Gasteiger partial charge >= 0.3 is 5.97 Å². The molecule has 2 rings (SSSR count). The summed E-state index contributed by atoms with van der Waals surface area (Å²) in [7, 11) is 1.21. The second-order valence-electron chi connectivity index (χ2n) is 4.41. The van der Waals surface area contributed by atoms with Crippen LogP contribution in [-0.2, 0) is 20.9 Å². The van der Waals surface area contributed by atoms with E-state index in [4.69, 9.17) is 11.6 Å². The Hall–Kier alpha value is -2.61. The number of esters is 1. The zero-order valence-electron chi connectivity index (χ0n) is 11.5. The molecule has 22 heavy (non-hydrogen) atoms. The third-order valence-electron chi connectivity index (χ3n) is 2.99. The molecule has 0 saturated carbocycles. The molecule has 1 heterocycles. The van der Waals surface area contributed by atoms with E-state index in [0.29, 0.717) is 15.9 Å². The molecule has 1 N–H and O–H groups in total. The molecular weight excluding hydrogens is 314 g/mol. The molecule has 0 bridgehead atoms. The van der Waals surface area contributed by atoms with Crippen molar-refractivity contribution in [3.05, 3.63) is 39.5 Å². The van der Waals surface area contributed by atoms with E-state index in [1.807, 2.05) is 0 Å². The highest BCUT2D eigenvalue weighted by atomic mass is 35.5. The molecule has 0 aliphatic heterocycles. The fourth-order valence-corrected chi connectivity index (χ4v) is 2.14. The van der Waals surface area contributed by atoms with Gasteiger partial charge in [0.2, 0.25) is 5.91 Å². The minimum atomic E-state index is -0.584. The van der Waals surface area contributed by atoms with Gasteiger partial charge in [-0.25, -0.2) is 0 Å². The number of carbonyl (C=O) groups is 2. The van der Waals surface area contributed by atoms with Crippen molar-refractivity contribution in [2.24, 2.45) is 0 Å². The number of nitrogens with zero attached hydrogens (tertiary/aromatic N) is 2. The second kappa shape index (κ2) is 6.44. The van der Waals surface area contributed by atoms with E-state index < -0.39 is 16.8 Å². The summed E-state index contributed by atoms with van der Waals surface area (Å²) in [6.45, 7) is -0.445. The average Bonchev–Trinajstić information content (AvgIpc) is 2.83. The first-order chi connectivity index (χ1) is 10.4. The van der Waals surface area contributed by atoms with E-state index in [1.165, 1.54) is 30.0 Å². The largest absolute Gasteiger partial charge is 0.468 e. The zero-order valence-corrected chi connectivity index (χ0v) is 12.3. The molecule has 1 aromatic carbocycles. The number of carbonyl (C=O) groups excluding carboxylic acids is 2. The number of aromatic nitrogens is 1. The summed E-state index contributed by atoms with van der Waals surface area (Å²) in [5, 5.41) is 14.2. The van der Waals surface area contributed by atoms with Crippen LogP contribution in [0.2, 0.25) is 5.02 Å². The van der Waals surface area contributed by atoms with Crippen molar-refractivity contribution in [1.29, 1.82) is 0 Å². The average molecular weight is 326 g/mol. The first kappa shape index (κ1) is 15.8. The van der Waals surface area contributed by atoms with Gasteiger partial charge < -0.3 is 14.6 Å². The molecule has 2 aromatic rings. The maximum atomic E-state index is 11.8. The molecule has 1 amide bonds. The lowest BCUT2D eigenvalue weighted by Crippen LogP contribution is -2.32. The van der Waals surface area contributed by atoms with Crippen molar-refractivity contribution >= 4 is 40.1 Å². The monoisotopic (exact) mass is 325 g/mol. The number of rotatable bonds is 5. The fraction of sp³-hybridized carbons (Fsp3) is 0.231. The molecule has 8 nitrogen and oxygen atoms in total. The molecule has 0 radical (unpaired) electrons. The van der Waals surface area contributed by atoms with Crippen LogP contribution in [-0.4, -0.2) is 35.0 Å². The van der Waals surface area contributed by atoms with Crippen LogP contribution < -0.4 is 5.32 Å². The summed E-state index contributed by atoms with van der Waals surface area (Å²) in [4.78, 5) is 33.3. The Labute approximate surface area is 129 Å². The highest BCUT2D eigenvalue weighted by Crippen LogP contribution is 2.29. The molecule has 0 aliphatic rings. The predicted molar refractivity (Wildman–Crippen MR) is 78.6 cm³/mol. The number of nitrogens with one attached hydrogen (secondary N) is 1. The van der Waals surface area contributed by atoms with Crippen LogP contribution in [0.4, 0.5) is 5.69 Å². The highest BCUT2D eigenvalue weighted by Gasteiger charge is 2.19. The van der Waals surface area contributed by atoms with Gasteiger partial charge in [0.1, 0.15) is 13.1 Å². The van der Waals surface area contributed by atoms with Crippen LogP contribution in [0.15, 0.2) is 24.4 Å². The normalized spacial score (nSPS) is 10.5. The lowest BCUT2D eigenvalue weighted by molar-refractivity contribution is -0.383. The number of ether oxygens (including phenoxy) is 1. The van der Waals surface area contributed by atoms with E-state index in [2.05, 4.69) is 10.1 Å². The molecule has 0 aliphatic carbocycles. The first-order valence-electron chi connectivity index (χ1n) is 6.18. The summed E-state index contributed by atoms with van der Waals surface area (Å²) >= 11 is 5.89.